The van der Waals surface area contributed by atoms with Crippen LogP contribution in [0.4, 0.5) is 0 Å². The molecule has 5 rings (SSSR count). The molecule has 12 nitrogen and oxygen atoms in total. The summed E-state index contributed by atoms with van der Waals surface area (Å²) in [4.78, 5) is 51.5. The van der Waals surface area contributed by atoms with Crippen molar-refractivity contribution in [3.05, 3.63) is 47.0 Å². The van der Waals surface area contributed by atoms with E-state index < -0.39 is 88.5 Å². The first kappa shape index (κ1) is 33.1. The minimum atomic E-state index is -2.11. The van der Waals surface area contributed by atoms with Gasteiger partial charge in [0.1, 0.15) is 30.0 Å². The molecule has 0 aromatic heterocycles. The maximum Gasteiger partial charge on any atom is 0.338 e. The van der Waals surface area contributed by atoms with Crippen LogP contribution in [0.3, 0.4) is 0 Å². The Morgan fingerprint density at radius 1 is 0.911 bits per heavy atom. The van der Waals surface area contributed by atoms with Crippen LogP contribution in [0.25, 0.3) is 0 Å². The van der Waals surface area contributed by atoms with E-state index in [-0.39, 0.29) is 30.6 Å². The summed E-state index contributed by atoms with van der Waals surface area (Å²) in [5.74, 6) is -4.20. The maximum atomic E-state index is 13.9. The quantitative estimate of drug-likeness (QED) is 0.246. The number of hydrogen-bond acceptors (Lipinski definition) is 12. The lowest BCUT2D eigenvalue weighted by molar-refractivity contribution is -0.365. The number of aliphatic hydroxyl groups excluding tert-OH is 2. The summed E-state index contributed by atoms with van der Waals surface area (Å²) in [6.45, 7) is 9.94. The molecule has 3 N–H and O–H groups in total. The molecule has 2 bridgehead atoms. The molecule has 0 radical (unpaired) electrons. The Labute approximate surface area is 261 Å². The van der Waals surface area contributed by atoms with Crippen LogP contribution in [0.1, 0.15) is 71.7 Å². The van der Waals surface area contributed by atoms with Crippen molar-refractivity contribution in [3.8, 4) is 0 Å². The van der Waals surface area contributed by atoms with Gasteiger partial charge < -0.3 is 39.0 Å². The van der Waals surface area contributed by atoms with Crippen molar-refractivity contribution in [2.75, 3.05) is 6.61 Å². The largest absolute Gasteiger partial charge is 0.458 e. The molecule has 0 spiro atoms. The van der Waals surface area contributed by atoms with E-state index in [1.165, 1.54) is 32.9 Å². The van der Waals surface area contributed by atoms with Gasteiger partial charge in [-0.3, -0.25) is 14.4 Å². The van der Waals surface area contributed by atoms with Crippen LogP contribution >= 0.6 is 0 Å². The van der Waals surface area contributed by atoms with Crippen LogP contribution in [0.5, 0.6) is 0 Å². The Hall–Kier alpha value is -3.32. The zero-order valence-electron chi connectivity index (χ0n) is 26.6. The van der Waals surface area contributed by atoms with Gasteiger partial charge in [-0.25, -0.2) is 4.79 Å². The zero-order chi connectivity index (χ0) is 33.3. The third kappa shape index (κ3) is 4.88. The molecule has 246 valence electrons. The minimum Gasteiger partial charge on any atom is -0.458 e. The summed E-state index contributed by atoms with van der Waals surface area (Å²) in [6.07, 6.45) is -8.36. The molecule has 4 aliphatic rings. The first-order valence-corrected chi connectivity index (χ1v) is 15.1. The maximum absolute atomic E-state index is 13.9. The van der Waals surface area contributed by atoms with Gasteiger partial charge in [0.25, 0.3) is 0 Å². The van der Waals surface area contributed by atoms with Gasteiger partial charge in [-0.05, 0) is 30.2 Å². The molecule has 45 heavy (non-hydrogen) atoms. The van der Waals surface area contributed by atoms with Crippen molar-refractivity contribution >= 4 is 23.9 Å². The predicted molar refractivity (Wildman–Crippen MR) is 155 cm³/mol. The number of carbonyl (C=O) groups excluding carboxylic acids is 4. The highest BCUT2D eigenvalue weighted by Gasteiger charge is 2.78. The first-order valence-electron chi connectivity index (χ1n) is 15.1. The third-order valence-electron chi connectivity index (χ3n) is 10.7. The molecule has 1 aromatic rings. The van der Waals surface area contributed by atoms with E-state index >= 15 is 0 Å². The number of carbonyl (C=O) groups is 4. The lowest BCUT2D eigenvalue weighted by Crippen LogP contribution is -2.82. The van der Waals surface area contributed by atoms with Crippen LogP contribution in [0.15, 0.2) is 41.5 Å². The summed E-state index contributed by atoms with van der Waals surface area (Å²) >= 11 is 0. The van der Waals surface area contributed by atoms with E-state index in [0.29, 0.717) is 5.57 Å². The number of benzene rings is 1. The van der Waals surface area contributed by atoms with Crippen LogP contribution in [-0.2, 0) is 38.1 Å². The molecule has 1 saturated heterocycles. The number of ether oxygens (including phenoxy) is 5. The topological polar surface area (TPSA) is 175 Å². The van der Waals surface area contributed by atoms with Crippen molar-refractivity contribution in [1.82, 2.24) is 0 Å². The molecular weight excluding hydrogens is 588 g/mol. The molecule has 1 aromatic carbocycles. The molecule has 10 atom stereocenters. The molecule has 3 aliphatic carbocycles. The number of aliphatic hydroxyl groups is 3. The molecule has 12 heteroatoms. The van der Waals surface area contributed by atoms with Gasteiger partial charge in [0.05, 0.1) is 24.2 Å². The Balaban J connectivity index is 1.86. The van der Waals surface area contributed by atoms with Crippen LogP contribution in [0.2, 0.25) is 0 Å². The van der Waals surface area contributed by atoms with Crippen molar-refractivity contribution in [1.29, 1.82) is 0 Å². The lowest BCUT2D eigenvalue weighted by Gasteiger charge is -2.69. The molecule has 0 unspecified atom stereocenters. The summed E-state index contributed by atoms with van der Waals surface area (Å²) in [7, 11) is 0. The fourth-order valence-corrected chi connectivity index (χ4v) is 8.46. The van der Waals surface area contributed by atoms with E-state index in [4.69, 9.17) is 23.7 Å². The third-order valence-corrected chi connectivity index (χ3v) is 10.7. The van der Waals surface area contributed by atoms with Crippen LogP contribution < -0.4 is 0 Å². The summed E-state index contributed by atoms with van der Waals surface area (Å²) in [5.41, 5.74) is -5.96. The zero-order valence-corrected chi connectivity index (χ0v) is 26.6. The smallest absolute Gasteiger partial charge is 0.338 e. The second-order valence-electron chi connectivity index (χ2n) is 13.6. The van der Waals surface area contributed by atoms with Gasteiger partial charge in [0.2, 0.25) is 0 Å². The molecule has 1 heterocycles. The van der Waals surface area contributed by atoms with E-state index in [1.54, 1.807) is 45.9 Å². The molecule has 2 saturated carbocycles. The highest BCUT2D eigenvalue weighted by Crippen LogP contribution is 2.65. The van der Waals surface area contributed by atoms with E-state index in [0.717, 1.165) is 0 Å². The van der Waals surface area contributed by atoms with Gasteiger partial charge in [0.15, 0.2) is 11.7 Å². The Kier molecular flexibility index (Phi) is 8.21. The number of rotatable bonds is 5. The second-order valence-corrected chi connectivity index (χ2v) is 13.6. The normalized spacial score (nSPS) is 39.9. The summed E-state index contributed by atoms with van der Waals surface area (Å²) in [6, 6.07) is 8.09. The van der Waals surface area contributed by atoms with Crippen LogP contribution in [0, 0.1) is 16.7 Å². The van der Waals surface area contributed by atoms with Gasteiger partial charge in [-0.1, -0.05) is 39.0 Å². The Bertz CT molecular complexity index is 1420. The van der Waals surface area contributed by atoms with Gasteiger partial charge in [-0.15, -0.1) is 0 Å². The average molecular weight is 631 g/mol. The number of esters is 4. The SMILES string of the molecule is CC(=O)O[C@H]1C[C@@]2(O)[C@H](OC(=O)c3ccccc3)[C@H]3[C@]4(OC(C)=O)CO[C@@H]4C[C@H](O)[C@@]3(C)[C@@H](O)[C@H](OC(C)=O)C(=C1C)C2(C)C. The van der Waals surface area contributed by atoms with Crippen molar-refractivity contribution in [3.63, 3.8) is 0 Å². The predicted octanol–water partition coefficient (Wildman–Crippen LogP) is 2.02. The molecule has 0 amide bonds. The molecule has 1 aliphatic heterocycles. The van der Waals surface area contributed by atoms with E-state index in [1.807, 2.05) is 0 Å². The van der Waals surface area contributed by atoms with Crippen molar-refractivity contribution in [2.45, 2.75) is 109 Å². The lowest BCUT2D eigenvalue weighted by atomic mass is 9.44. The van der Waals surface area contributed by atoms with Gasteiger partial charge >= 0.3 is 23.9 Å². The Morgan fingerprint density at radius 2 is 1.53 bits per heavy atom. The summed E-state index contributed by atoms with van der Waals surface area (Å²) in [5, 5.41) is 37.4. The Morgan fingerprint density at radius 3 is 2.07 bits per heavy atom. The average Bonchev–Trinajstić information content (AvgIpc) is 2.94. The first-order chi connectivity index (χ1) is 20.9. The van der Waals surface area contributed by atoms with Gasteiger partial charge in [-0.2, -0.15) is 0 Å². The van der Waals surface area contributed by atoms with Crippen molar-refractivity contribution < 1.29 is 58.2 Å². The standard InChI is InChI=1S/C33H42O12/c1-16-21(42-17(2)34)14-33(40)28(44-29(39)20-11-9-8-10-12-20)26-31(7,22(37)13-23-32(26,15-41-23)45-19(4)36)27(38)25(43-18(3)35)24(16)30(33,5)6/h8-12,21-23,25-28,37-38,40H,13-15H2,1-7H3/t21-,22-,23+,25+,26+,27-,28+,31+,32-,33+/m0/s1. The highest BCUT2D eigenvalue weighted by atomic mass is 16.6. The van der Waals surface area contributed by atoms with E-state index in [9.17, 15) is 34.5 Å². The number of fused-ring (bicyclic) bond motifs is 5. The second kappa shape index (κ2) is 11.2. The highest BCUT2D eigenvalue weighted by molar-refractivity contribution is 5.89. The fourth-order valence-electron chi connectivity index (χ4n) is 8.46. The van der Waals surface area contributed by atoms with E-state index in [2.05, 4.69) is 0 Å². The van der Waals surface area contributed by atoms with Crippen molar-refractivity contribution in [2.24, 2.45) is 16.7 Å². The molecular formula is C33H42O12. The van der Waals surface area contributed by atoms with Crippen LogP contribution in [-0.4, -0.2) is 93.6 Å². The fraction of sp³-hybridized carbons (Fsp3) is 0.636. The number of hydrogen-bond donors (Lipinski definition) is 3. The van der Waals surface area contributed by atoms with Gasteiger partial charge in [0, 0.05) is 44.4 Å². The minimum absolute atomic E-state index is 0.0700. The molecule has 3 fully saturated rings. The summed E-state index contributed by atoms with van der Waals surface area (Å²) < 4.78 is 29.6. The monoisotopic (exact) mass is 630 g/mol.